The zero-order chi connectivity index (χ0) is 10.7. The van der Waals surface area contributed by atoms with Crippen molar-refractivity contribution in [3.8, 4) is 0 Å². The van der Waals surface area contributed by atoms with Crippen molar-refractivity contribution in [2.45, 2.75) is 31.8 Å². The first-order valence-corrected chi connectivity index (χ1v) is 5.82. The SMILES string of the molecule is COC(C)(CNC1=NCCCN1)C1CC1. The molecule has 0 aromatic carbocycles. The van der Waals surface area contributed by atoms with E-state index in [1.807, 2.05) is 0 Å². The molecule has 0 amide bonds. The van der Waals surface area contributed by atoms with Gasteiger partial charge in [-0.05, 0) is 32.1 Å². The van der Waals surface area contributed by atoms with Crippen LogP contribution in [0.1, 0.15) is 26.2 Å². The maximum absolute atomic E-state index is 5.61. The third-order valence-electron chi connectivity index (χ3n) is 3.41. The first kappa shape index (κ1) is 10.7. The van der Waals surface area contributed by atoms with Crippen molar-refractivity contribution in [2.75, 3.05) is 26.7 Å². The predicted molar refractivity (Wildman–Crippen MR) is 61.1 cm³/mol. The molecule has 0 aromatic heterocycles. The number of guanidine groups is 1. The average molecular weight is 211 g/mol. The van der Waals surface area contributed by atoms with Crippen LogP contribution in [0.4, 0.5) is 0 Å². The summed E-state index contributed by atoms with van der Waals surface area (Å²) in [4.78, 5) is 4.39. The molecule has 1 unspecified atom stereocenters. The smallest absolute Gasteiger partial charge is 0.191 e. The minimum atomic E-state index is -0.0261. The van der Waals surface area contributed by atoms with E-state index in [9.17, 15) is 0 Å². The van der Waals surface area contributed by atoms with Crippen LogP contribution in [0.25, 0.3) is 0 Å². The van der Waals surface area contributed by atoms with Gasteiger partial charge in [-0.25, -0.2) is 0 Å². The molecule has 2 N–H and O–H groups in total. The van der Waals surface area contributed by atoms with E-state index in [0.717, 1.165) is 37.9 Å². The Balaban J connectivity index is 1.82. The predicted octanol–water partition coefficient (Wildman–Crippen LogP) is 0.740. The normalized spacial score (nSPS) is 25.1. The molecule has 4 heteroatoms. The second-order valence-electron chi connectivity index (χ2n) is 4.66. The van der Waals surface area contributed by atoms with Gasteiger partial charge in [0, 0.05) is 26.7 Å². The fourth-order valence-corrected chi connectivity index (χ4v) is 1.99. The Labute approximate surface area is 91.5 Å². The summed E-state index contributed by atoms with van der Waals surface area (Å²) in [6, 6.07) is 0. The Hall–Kier alpha value is -0.770. The topological polar surface area (TPSA) is 45.6 Å². The maximum atomic E-state index is 5.61. The van der Waals surface area contributed by atoms with Crippen LogP contribution in [-0.4, -0.2) is 38.3 Å². The van der Waals surface area contributed by atoms with Crippen molar-refractivity contribution in [3.63, 3.8) is 0 Å². The first-order chi connectivity index (χ1) is 7.24. The second-order valence-corrected chi connectivity index (χ2v) is 4.66. The lowest BCUT2D eigenvalue weighted by Crippen LogP contribution is -2.49. The highest BCUT2D eigenvalue weighted by atomic mass is 16.5. The number of ether oxygens (including phenoxy) is 1. The van der Waals surface area contributed by atoms with Crippen LogP contribution in [0, 0.1) is 5.92 Å². The molecule has 1 saturated carbocycles. The molecule has 0 spiro atoms. The van der Waals surface area contributed by atoms with Crippen LogP contribution in [-0.2, 0) is 4.74 Å². The lowest BCUT2D eigenvalue weighted by Gasteiger charge is -2.29. The highest BCUT2D eigenvalue weighted by molar-refractivity contribution is 5.80. The molecule has 86 valence electrons. The van der Waals surface area contributed by atoms with Gasteiger partial charge in [0.05, 0.1) is 5.60 Å². The lowest BCUT2D eigenvalue weighted by molar-refractivity contribution is -0.00883. The maximum Gasteiger partial charge on any atom is 0.191 e. The van der Waals surface area contributed by atoms with E-state index >= 15 is 0 Å². The summed E-state index contributed by atoms with van der Waals surface area (Å²) in [6.45, 7) is 4.99. The number of hydrogen-bond acceptors (Lipinski definition) is 4. The van der Waals surface area contributed by atoms with Gasteiger partial charge in [-0.3, -0.25) is 4.99 Å². The standard InChI is InChI=1S/C11H21N3O/c1-11(15-2,9-4-5-9)8-14-10-12-6-3-7-13-10/h9H,3-8H2,1-2H3,(H2,12,13,14). The van der Waals surface area contributed by atoms with Gasteiger partial charge >= 0.3 is 0 Å². The molecule has 1 atom stereocenters. The van der Waals surface area contributed by atoms with Crippen molar-refractivity contribution < 1.29 is 4.74 Å². The van der Waals surface area contributed by atoms with E-state index in [-0.39, 0.29) is 5.60 Å². The van der Waals surface area contributed by atoms with Crippen LogP contribution in [0.15, 0.2) is 4.99 Å². The molecule has 0 radical (unpaired) electrons. The minimum absolute atomic E-state index is 0.0261. The molecule has 4 nitrogen and oxygen atoms in total. The van der Waals surface area contributed by atoms with E-state index in [0.29, 0.717) is 0 Å². The molecular formula is C11H21N3O. The molecule has 1 heterocycles. The van der Waals surface area contributed by atoms with E-state index in [4.69, 9.17) is 4.74 Å². The van der Waals surface area contributed by atoms with E-state index in [1.54, 1.807) is 7.11 Å². The second kappa shape index (κ2) is 4.39. The molecule has 2 aliphatic rings. The van der Waals surface area contributed by atoms with E-state index in [2.05, 4.69) is 22.5 Å². The third kappa shape index (κ3) is 2.62. The minimum Gasteiger partial charge on any atom is -0.376 e. The fourth-order valence-electron chi connectivity index (χ4n) is 1.99. The van der Waals surface area contributed by atoms with Gasteiger partial charge in [0.2, 0.25) is 0 Å². The third-order valence-corrected chi connectivity index (χ3v) is 3.41. The molecule has 1 aliphatic carbocycles. The summed E-state index contributed by atoms with van der Waals surface area (Å²) in [6.07, 6.45) is 3.73. The van der Waals surface area contributed by atoms with Crippen LogP contribution in [0.2, 0.25) is 0 Å². The van der Waals surface area contributed by atoms with Gasteiger partial charge < -0.3 is 15.4 Å². The lowest BCUT2D eigenvalue weighted by atomic mass is 10.0. The number of methoxy groups -OCH3 is 1. The van der Waals surface area contributed by atoms with Crippen molar-refractivity contribution in [1.82, 2.24) is 10.6 Å². The molecule has 0 aromatic rings. The van der Waals surface area contributed by atoms with Gasteiger partial charge in [0.1, 0.15) is 0 Å². The first-order valence-electron chi connectivity index (χ1n) is 5.82. The Morgan fingerprint density at radius 1 is 1.60 bits per heavy atom. The number of nitrogens with zero attached hydrogens (tertiary/aromatic N) is 1. The largest absolute Gasteiger partial charge is 0.376 e. The summed E-state index contributed by atoms with van der Waals surface area (Å²) in [7, 11) is 1.80. The van der Waals surface area contributed by atoms with Gasteiger partial charge in [-0.2, -0.15) is 0 Å². The molecule has 15 heavy (non-hydrogen) atoms. The monoisotopic (exact) mass is 211 g/mol. The Morgan fingerprint density at radius 3 is 2.93 bits per heavy atom. The van der Waals surface area contributed by atoms with Crippen molar-refractivity contribution in [1.29, 1.82) is 0 Å². The summed E-state index contributed by atoms with van der Waals surface area (Å²) >= 11 is 0. The quantitative estimate of drug-likeness (QED) is 0.721. The molecule has 0 bridgehead atoms. The molecule has 2 rings (SSSR count). The number of nitrogens with one attached hydrogen (secondary N) is 2. The zero-order valence-corrected chi connectivity index (χ0v) is 9.68. The highest BCUT2D eigenvalue weighted by Crippen LogP contribution is 2.41. The molecular weight excluding hydrogens is 190 g/mol. The van der Waals surface area contributed by atoms with Crippen molar-refractivity contribution in [2.24, 2.45) is 10.9 Å². The summed E-state index contributed by atoms with van der Waals surface area (Å²) < 4.78 is 5.61. The van der Waals surface area contributed by atoms with Crippen LogP contribution < -0.4 is 10.6 Å². The number of rotatable bonds is 4. The summed E-state index contributed by atoms with van der Waals surface area (Å²) in [5.41, 5.74) is -0.0261. The Bertz CT molecular complexity index is 250. The van der Waals surface area contributed by atoms with Crippen LogP contribution >= 0.6 is 0 Å². The van der Waals surface area contributed by atoms with E-state index < -0.39 is 0 Å². The highest BCUT2D eigenvalue weighted by Gasteiger charge is 2.41. The Kier molecular flexibility index (Phi) is 3.14. The fraction of sp³-hybridized carbons (Fsp3) is 0.909. The van der Waals surface area contributed by atoms with Crippen molar-refractivity contribution >= 4 is 5.96 Å². The van der Waals surface area contributed by atoms with E-state index in [1.165, 1.54) is 12.8 Å². The molecule has 0 saturated heterocycles. The average Bonchev–Trinajstić information content (AvgIpc) is 3.11. The number of aliphatic imine (C=N–C) groups is 1. The molecule has 1 fully saturated rings. The summed E-state index contributed by atoms with van der Waals surface area (Å²) in [5.74, 6) is 1.66. The van der Waals surface area contributed by atoms with Gasteiger partial charge in [-0.1, -0.05) is 0 Å². The zero-order valence-electron chi connectivity index (χ0n) is 9.68. The van der Waals surface area contributed by atoms with Gasteiger partial charge in [0.15, 0.2) is 5.96 Å². The van der Waals surface area contributed by atoms with Crippen molar-refractivity contribution in [3.05, 3.63) is 0 Å². The van der Waals surface area contributed by atoms with Crippen LogP contribution in [0.5, 0.6) is 0 Å². The number of hydrogen-bond donors (Lipinski definition) is 2. The van der Waals surface area contributed by atoms with Gasteiger partial charge in [0.25, 0.3) is 0 Å². The van der Waals surface area contributed by atoms with Gasteiger partial charge in [-0.15, -0.1) is 0 Å². The Morgan fingerprint density at radius 2 is 2.40 bits per heavy atom. The molecule has 1 aliphatic heterocycles. The summed E-state index contributed by atoms with van der Waals surface area (Å²) in [5, 5.41) is 6.61. The van der Waals surface area contributed by atoms with Crippen LogP contribution in [0.3, 0.4) is 0 Å².